The Morgan fingerprint density at radius 1 is 1.19 bits per heavy atom. The van der Waals surface area contributed by atoms with E-state index in [1.54, 1.807) is 6.07 Å². The molecule has 0 aliphatic heterocycles. The molecule has 1 aromatic heterocycles. The molecular formula is C20H21N3O4. The van der Waals surface area contributed by atoms with Gasteiger partial charge in [0.05, 0.1) is 21.6 Å². The Balaban J connectivity index is 2.00. The van der Waals surface area contributed by atoms with E-state index in [4.69, 9.17) is 5.11 Å². The molecule has 0 bridgehead atoms. The van der Waals surface area contributed by atoms with Crippen molar-refractivity contribution in [1.29, 1.82) is 0 Å². The number of nitro benzene ring substituents is 1. The summed E-state index contributed by atoms with van der Waals surface area (Å²) in [5, 5.41) is 25.0. The maximum absolute atomic E-state index is 11.6. The number of hydrogen-bond donors (Lipinski definition) is 2. The normalized spacial score (nSPS) is 11.0. The van der Waals surface area contributed by atoms with Crippen molar-refractivity contribution >= 4 is 39.1 Å². The van der Waals surface area contributed by atoms with Crippen molar-refractivity contribution in [3.8, 4) is 0 Å². The van der Waals surface area contributed by atoms with E-state index in [2.05, 4.69) is 10.3 Å². The van der Waals surface area contributed by atoms with E-state index in [1.807, 2.05) is 31.2 Å². The molecule has 0 saturated heterocycles. The number of aliphatic carboxylic acids is 1. The minimum atomic E-state index is -0.791. The van der Waals surface area contributed by atoms with E-state index in [9.17, 15) is 14.9 Å². The second-order valence-corrected chi connectivity index (χ2v) is 6.52. The average Bonchev–Trinajstić information content (AvgIpc) is 2.64. The fourth-order valence-electron chi connectivity index (χ4n) is 3.24. The second-order valence-electron chi connectivity index (χ2n) is 6.52. The van der Waals surface area contributed by atoms with Gasteiger partial charge in [-0.05, 0) is 31.4 Å². The molecule has 0 amide bonds. The predicted octanol–water partition coefficient (Wildman–Crippen LogP) is 4.66. The molecule has 2 N–H and O–H groups in total. The maximum Gasteiger partial charge on any atom is 0.303 e. The Labute approximate surface area is 156 Å². The van der Waals surface area contributed by atoms with Crippen molar-refractivity contribution in [2.75, 3.05) is 11.9 Å². The van der Waals surface area contributed by atoms with Gasteiger partial charge in [-0.3, -0.25) is 14.9 Å². The zero-order valence-corrected chi connectivity index (χ0v) is 15.1. The van der Waals surface area contributed by atoms with Crippen molar-refractivity contribution in [2.24, 2.45) is 0 Å². The molecule has 0 saturated carbocycles. The number of carboxylic acid groups (broad SMARTS) is 1. The number of hydrogen-bond acceptors (Lipinski definition) is 5. The van der Waals surface area contributed by atoms with Gasteiger partial charge in [0, 0.05) is 24.4 Å². The van der Waals surface area contributed by atoms with Gasteiger partial charge in [-0.15, -0.1) is 0 Å². The average molecular weight is 367 g/mol. The molecule has 140 valence electrons. The molecule has 0 fully saturated rings. The molecule has 0 aliphatic rings. The van der Waals surface area contributed by atoms with Crippen LogP contribution in [-0.4, -0.2) is 27.5 Å². The van der Waals surface area contributed by atoms with Crippen LogP contribution < -0.4 is 5.32 Å². The van der Waals surface area contributed by atoms with E-state index < -0.39 is 5.97 Å². The van der Waals surface area contributed by atoms with Crippen LogP contribution in [0.4, 0.5) is 11.4 Å². The number of unbranched alkanes of at least 4 members (excludes halogenated alkanes) is 2. The number of aryl methyl sites for hydroxylation is 1. The number of carbonyl (C=O) groups is 1. The first-order chi connectivity index (χ1) is 13.0. The summed E-state index contributed by atoms with van der Waals surface area (Å²) < 4.78 is 0. The van der Waals surface area contributed by atoms with Gasteiger partial charge in [0.15, 0.2) is 0 Å². The summed E-state index contributed by atoms with van der Waals surface area (Å²) in [6.45, 7) is 2.50. The molecule has 0 atom stereocenters. The lowest BCUT2D eigenvalue weighted by molar-refractivity contribution is -0.383. The van der Waals surface area contributed by atoms with Crippen LogP contribution in [0.1, 0.15) is 31.2 Å². The summed E-state index contributed by atoms with van der Waals surface area (Å²) in [4.78, 5) is 26.5. The Morgan fingerprint density at radius 2 is 1.96 bits per heavy atom. The van der Waals surface area contributed by atoms with E-state index in [0.29, 0.717) is 29.6 Å². The van der Waals surface area contributed by atoms with Crippen LogP contribution in [0, 0.1) is 17.0 Å². The number of benzene rings is 2. The summed E-state index contributed by atoms with van der Waals surface area (Å²) in [5.74, 6) is -0.791. The summed E-state index contributed by atoms with van der Waals surface area (Å²) in [6.07, 6.45) is 2.34. The molecular weight excluding hydrogens is 346 g/mol. The smallest absolute Gasteiger partial charge is 0.303 e. The topological polar surface area (TPSA) is 105 Å². The Hall–Kier alpha value is -3.22. The standard InChI is InChI=1S/C20H21N3O4/c1-13-10-11-16(23(26)27)18-19(13)22-15-8-5-4-7-14(15)20(18)21-12-6-2-3-9-17(24)25/h4-5,7-8,10-11H,2-3,6,9,12H2,1H3,(H,21,22)(H,24,25). The maximum atomic E-state index is 11.6. The number of aromatic nitrogens is 1. The van der Waals surface area contributed by atoms with Crippen molar-refractivity contribution in [1.82, 2.24) is 4.98 Å². The fourth-order valence-corrected chi connectivity index (χ4v) is 3.24. The van der Waals surface area contributed by atoms with Crippen LogP contribution >= 0.6 is 0 Å². The number of carboxylic acids is 1. The number of nitro groups is 1. The van der Waals surface area contributed by atoms with Crippen molar-refractivity contribution in [2.45, 2.75) is 32.6 Å². The first kappa shape index (κ1) is 18.6. The van der Waals surface area contributed by atoms with Gasteiger partial charge in [0.1, 0.15) is 5.39 Å². The highest BCUT2D eigenvalue weighted by Crippen LogP contribution is 2.37. The number of anilines is 1. The van der Waals surface area contributed by atoms with E-state index in [-0.39, 0.29) is 17.0 Å². The summed E-state index contributed by atoms with van der Waals surface area (Å²) in [6, 6.07) is 10.8. The number of fused-ring (bicyclic) bond motifs is 2. The van der Waals surface area contributed by atoms with Gasteiger partial charge >= 0.3 is 5.97 Å². The lowest BCUT2D eigenvalue weighted by Gasteiger charge is -2.14. The molecule has 0 aliphatic carbocycles. The van der Waals surface area contributed by atoms with Crippen LogP contribution in [-0.2, 0) is 4.79 Å². The third-order valence-corrected chi connectivity index (χ3v) is 4.58. The van der Waals surface area contributed by atoms with Gasteiger partial charge in [0.25, 0.3) is 5.69 Å². The molecule has 7 nitrogen and oxygen atoms in total. The SMILES string of the molecule is Cc1ccc([N+](=O)[O-])c2c(NCCCCCC(=O)O)c3ccccc3nc12. The zero-order chi connectivity index (χ0) is 19.4. The number of para-hydroxylation sites is 1. The van der Waals surface area contributed by atoms with E-state index in [0.717, 1.165) is 29.3 Å². The highest BCUT2D eigenvalue weighted by molar-refractivity contribution is 6.11. The molecule has 0 spiro atoms. The second kappa shape index (κ2) is 7.99. The molecule has 2 aromatic carbocycles. The summed E-state index contributed by atoms with van der Waals surface area (Å²) in [7, 11) is 0. The first-order valence-corrected chi connectivity index (χ1v) is 8.91. The molecule has 27 heavy (non-hydrogen) atoms. The van der Waals surface area contributed by atoms with Crippen molar-refractivity contribution in [3.63, 3.8) is 0 Å². The molecule has 1 heterocycles. The molecule has 7 heteroatoms. The van der Waals surface area contributed by atoms with Crippen LogP contribution in [0.2, 0.25) is 0 Å². The van der Waals surface area contributed by atoms with Crippen LogP contribution in [0.15, 0.2) is 36.4 Å². The highest BCUT2D eigenvalue weighted by atomic mass is 16.6. The van der Waals surface area contributed by atoms with Gasteiger partial charge in [-0.25, -0.2) is 4.98 Å². The highest BCUT2D eigenvalue weighted by Gasteiger charge is 2.20. The fraction of sp³-hybridized carbons (Fsp3) is 0.300. The van der Waals surface area contributed by atoms with Crippen LogP contribution in [0.5, 0.6) is 0 Å². The third kappa shape index (κ3) is 3.97. The van der Waals surface area contributed by atoms with E-state index >= 15 is 0 Å². The van der Waals surface area contributed by atoms with Gasteiger partial charge in [-0.1, -0.05) is 30.7 Å². The largest absolute Gasteiger partial charge is 0.481 e. The van der Waals surface area contributed by atoms with Crippen molar-refractivity contribution < 1.29 is 14.8 Å². The number of rotatable bonds is 8. The Bertz CT molecular complexity index is 1020. The Kier molecular flexibility index (Phi) is 5.49. The Morgan fingerprint density at radius 3 is 2.70 bits per heavy atom. The molecule has 3 aromatic rings. The lowest BCUT2D eigenvalue weighted by atomic mass is 10.0. The van der Waals surface area contributed by atoms with Crippen molar-refractivity contribution in [3.05, 3.63) is 52.1 Å². The van der Waals surface area contributed by atoms with Gasteiger partial charge in [-0.2, -0.15) is 0 Å². The number of nitrogens with one attached hydrogen (secondary N) is 1. The lowest BCUT2D eigenvalue weighted by Crippen LogP contribution is -2.05. The minimum absolute atomic E-state index is 0.0298. The van der Waals surface area contributed by atoms with Gasteiger partial charge in [0.2, 0.25) is 0 Å². The minimum Gasteiger partial charge on any atom is -0.481 e. The molecule has 3 rings (SSSR count). The number of nitrogens with zero attached hydrogens (tertiary/aromatic N) is 2. The number of non-ortho nitro benzene ring substituents is 1. The monoisotopic (exact) mass is 367 g/mol. The molecule has 0 unspecified atom stereocenters. The van der Waals surface area contributed by atoms with Crippen LogP contribution in [0.3, 0.4) is 0 Å². The summed E-state index contributed by atoms with van der Waals surface area (Å²) >= 11 is 0. The molecule has 0 radical (unpaired) electrons. The quantitative estimate of drug-likeness (QED) is 0.260. The zero-order valence-electron chi connectivity index (χ0n) is 15.1. The summed E-state index contributed by atoms with van der Waals surface area (Å²) in [5.41, 5.74) is 3.02. The van der Waals surface area contributed by atoms with Crippen LogP contribution in [0.25, 0.3) is 21.8 Å². The van der Waals surface area contributed by atoms with E-state index in [1.165, 1.54) is 6.07 Å². The first-order valence-electron chi connectivity index (χ1n) is 8.91. The third-order valence-electron chi connectivity index (χ3n) is 4.58. The predicted molar refractivity (Wildman–Crippen MR) is 105 cm³/mol. The number of pyridine rings is 1. The van der Waals surface area contributed by atoms with Gasteiger partial charge < -0.3 is 10.4 Å².